The van der Waals surface area contributed by atoms with Gasteiger partial charge in [0.1, 0.15) is 17.0 Å². The molecule has 3 aromatic rings. The van der Waals surface area contributed by atoms with Gasteiger partial charge in [0.2, 0.25) is 0 Å². The highest BCUT2D eigenvalue weighted by atomic mass is 16.6. The Kier molecular flexibility index (Phi) is 7.36. The van der Waals surface area contributed by atoms with Crippen LogP contribution >= 0.6 is 0 Å². The van der Waals surface area contributed by atoms with Crippen LogP contribution in [-0.2, 0) is 16.1 Å². The van der Waals surface area contributed by atoms with E-state index in [0.717, 1.165) is 24.2 Å². The number of carbonyl (C=O) groups excluding carboxylic acids is 1. The van der Waals surface area contributed by atoms with E-state index in [-0.39, 0.29) is 0 Å². The molecule has 4 heteroatoms. The second kappa shape index (κ2) is 9.86. The Morgan fingerprint density at radius 3 is 2.36 bits per heavy atom. The first-order chi connectivity index (χ1) is 15.5. The lowest BCUT2D eigenvalue weighted by atomic mass is 9.89. The minimum absolute atomic E-state index is 0.460. The molecule has 0 aliphatic rings. The van der Waals surface area contributed by atoms with Crippen molar-refractivity contribution >= 4 is 16.9 Å². The zero-order valence-corrected chi connectivity index (χ0v) is 20.9. The number of hydrogen-bond donors (Lipinski definition) is 0. The van der Waals surface area contributed by atoms with Crippen LogP contribution < -0.4 is 4.74 Å². The number of esters is 1. The molecule has 0 aliphatic carbocycles. The lowest BCUT2D eigenvalue weighted by Crippen LogP contribution is -2.52. The molecule has 3 rings (SSSR count). The number of carbonyl (C=O) groups is 1. The van der Waals surface area contributed by atoms with E-state index in [2.05, 4.69) is 67.5 Å². The SMILES string of the molecule is C=CC(=O)OC(C)(C)C(C)(C)Oc1ccc2cc(-c3ccccc3)n(CCCC(C)C)c2c1. The van der Waals surface area contributed by atoms with Crippen molar-refractivity contribution in [2.75, 3.05) is 0 Å². The van der Waals surface area contributed by atoms with Gasteiger partial charge in [-0.2, -0.15) is 0 Å². The topological polar surface area (TPSA) is 40.5 Å². The molecular formula is C29H37NO3. The molecule has 0 spiro atoms. The van der Waals surface area contributed by atoms with Gasteiger partial charge in [-0.25, -0.2) is 4.79 Å². The molecule has 0 unspecified atom stereocenters. The molecule has 0 amide bonds. The number of fused-ring (bicyclic) bond motifs is 1. The second-order valence-corrected chi connectivity index (χ2v) is 10.1. The number of rotatable bonds is 10. The van der Waals surface area contributed by atoms with Crippen LogP contribution in [0.2, 0.25) is 0 Å². The van der Waals surface area contributed by atoms with Gasteiger partial charge in [-0.15, -0.1) is 0 Å². The number of nitrogens with zero attached hydrogens (tertiary/aromatic N) is 1. The highest BCUT2D eigenvalue weighted by Crippen LogP contribution is 2.35. The second-order valence-electron chi connectivity index (χ2n) is 10.1. The van der Waals surface area contributed by atoms with Crippen LogP contribution in [0.15, 0.2) is 67.3 Å². The van der Waals surface area contributed by atoms with Crippen LogP contribution in [-0.4, -0.2) is 21.7 Å². The zero-order valence-electron chi connectivity index (χ0n) is 20.9. The fourth-order valence-corrected chi connectivity index (χ4v) is 3.88. The Balaban J connectivity index is 1.98. The Morgan fingerprint density at radius 1 is 1.03 bits per heavy atom. The van der Waals surface area contributed by atoms with Gasteiger partial charge in [0.05, 0.1) is 5.52 Å². The van der Waals surface area contributed by atoms with Gasteiger partial charge >= 0.3 is 5.97 Å². The lowest BCUT2D eigenvalue weighted by molar-refractivity contribution is -0.170. The van der Waals surface area contributed by atoms with E-state index in [1.807, 2.05) is 39.8 Å². The molecule has 176 valence electrons. The van der Waals surface area contributed by atoms with Crippen LogP contribution in [0.25, 0.3) is 22.2 Å². The molecule has 0 saturated carbocycles. The molecule has 0 saturated heterocycles. The largest absolute Gasteiger partial charge is 0.484 e. The van der Waals surface area contributed by atoms with Crippen molar-refractivity contribution in [3.63, 3.8) is 0 Å². The zero-order chi connectivity index (χ0) is 24.2. The van der Waals surface area contributed by atoms with Gasteiger partial charge in [0.25, 0.3) is 0 Å². The van der Waals surface area contributed by atoms with E-state index in [1.165, 1.54) is 29.1 Å². The highest BCUT2D eigenvalue weighted by Gasteiger charge is 2.42. The Bertz CT molecular complexity index is 1110. The molecule has 4 nitrogen and oxygen atoms in total. The first-order valence-electron chi connectivity index (χ1n) is 11.8. The van der Waals surface area contributed by atoms with Crippen molar-refractivity contribution in [1.29, 1.82) is 0 Å². The van der Waals surface area contributed by atoms with Crippen molar-refractivity contribution in [3.8, 4) is 17.0 Å². The Labute approximate surface area is 198 Å². The molecule has 2 aromatic carbocycles. The molecule has 1 aromatic heterocycles. The average molecular weight is 448 g/mol. The fraction of sp³-hybridized carbons (Fsp3) is 0.414. The predicted octanol–water partition coefficient (Wildman–Crippen LogP) is 7.41. The van der Waals surface area contributed by atoms with Gasteiger partial charge in [-0.05, 0) is 70.2 Å². The maximum atomic E-state index is 11.8. The molecule has 0 N–H and O–H groups in total. The van der Waals surface area contributed by atoms with E-state index in [1.54, 1.807) is 0 Å². The van der Waals surface area contributed by atoms with Crippen molar-refractivity contribution in [2.45, 2.75) is 72.1 Å². The Morgan fingerprint density at radius 2 is 1.73 bits per heavy atom. The summed E-state index contributed by atoms with van der Waals surface area (Å²) in [5.74, 6) is 0.962. The monoisotopic (exact) mass is 447 g/mol. The summed E-state index contributed by atoms with van der Waals surface area (Å²) in [6.07, 6.45) is 3.47. The summed E-state index contributed by atoms with van der Waals surface area (Å²) in [6.45, 7) is 16.6. The third kappa shape index (κ3) is 5.68. The molecule has 0 fully saturated rings. The third-order valence-corrected chi connectivity index (χ3v) is 6.45. The number of benzene rings is 2. The van der Waals surface area contributed by atoms with Gasteiger partial charge in [-0.1, -0.05) is 50.8 Å². The summed E-state index contributed by atoms with van der Waals surface area (Å²) in [5, 5.41) is 1.18. The summed E-state index contributed by atoms with van der Waals surface area (Å²) in [5.41, 5.74) is 1.97. The summed E-state index contributed by atoms with van der Waals surface area (Å²) in [6, 6.07) is 19.0. The molecule has 0 atom stereocenters. The number of ether oxygens (including phenoxy) is 2. The molecule has 1 heterocycles. The number of hydrogen-bond acceptors (Lipinski definition) is 3. The van der Waals surface area contributed by atoms with E-state index in [9.17, 15) is 4.79 Å². The van der Waals surface area contributed by atoms with Gasteiger partial charge in [-0.3, -0.25) is 0 Å². The Hall–Kier alpha value is -3.01. The van der Waals surface area contributed by atoms with E-state index < -0.39 is 17.2 Å². The van der Waals surface area contributed by atoms with Crippen LogP contribution in [0.4, 0.5) is 0 Å². The normalized spacial score (nSPS) is 12.2. The van der Waals surface area contributed by atoms with Gasteiger partial charge in [0, 0.05) is 29.8 Å². The van der Waals surface area contributed by atoms with Crippen LogP contribution in [0, 0.1) is 5.92 Å². The van der Waals surface area contributed by atoms with Crippen molar-refractivity contribution in [3.05, 3.63) is 67.3 Å². The summed E-state index contributed by atoms with van der Waals surface area (Å²) < 4.78 is 14.4. The standard InChI is InChI=1S/C29H37NO3/c1-8-27(31)33-29(6,7)28(4,5)32-24-17-16-23-19-25(22-14-10-9-11-15-22)30(26(23)20-24)18-12-13-21(2)3/h8-11,14-17,19-21H,1,12-13,18H2,2-7H3. The van der Waals surface area contributed by atoms with Crippen molar-refractivity contribution in [2.24, 2.45) is 5.92 Å². The fourth-order valence-electron chi connectivity index (χ4n) is 3.88. The van der Waals surface area contributed by atoms with E-state index >= 15 is 0 Å². The highest BCUT2D eigenvalue weighted by molar-refractivity contribution is 5.88. The van der Waals surface area contributed by atoms with Crippen LogP contribution in [0.3, 0.4) is 0 Å². The van der Waals surface area contributed by atoms with Gasteiger partial charge in [0.15, 0.2) is 0 Å². The van der Waals surface area contributed by atoms with Crippen LogP contribution in [0.5, 0.6) is 5.75 Å². The molecule has 0 aliphatic heterocycles. The van der Waals surface area contributed by atoms with E-state index in [4.69, 9.17) is 9.47 Å². The van der Waals surface area contributed by atoms with Crippen molar-refractivity contribution < 1.29 is 14.3 Å². The smallest absolute Gasteiger partial charge is 0.330 e. The molecule has 0 bridgehead atoms. The lowest BCUT2D eigenvalue weighted by Gasteiger charge is -2.40. The van der Waals surface area contributed by atoms with Crippen LogP contribution in [0.1, 0.15) is 54.4 Å². The molecular weight excluding hydrogens is 410 g/mol. The summed E-state index contributed by atoms with van der Waals surface area (Å²) >= 11 is 0. The first-order valence-corrected chi connectivity index (χ1v) is 11.8. The molecule has 0 radical (unpaired) electrons. The molecule has 33 heavy (non-hydrogen) atoms. The van der Waals surface area contributed by atoms with E-state index in [0.29, 0.717) is 5.92 Å². The maximum absolute atomic E-state index is 11.8. The minimum Gasteiger partial charge on any atom is -0.484 e. The minimum atomic E-state index is -0.846. The quantitative estimate of drug-likeness (QED) is 0.240. The first kappa shape index (κ1) is 24.6. The number of aryl methyl sites for hydroxylation is 1. The third-order valence-electron chi connectivity index (χ3n) is 6.45. The maximum Gasteiger partial charge on any atom is 0.330 e. The summed E-state index contributed by atoms with van der Waals surface area (Å²) in [7, 11) is 0. The van der Waals surface area contributed by atoms with Gasteiger partial charge < -0.3 is 14.0 Å². The number of aromatic nitrogens is 1. The predicted molar refractivity (Wildman–Crippen MR) is 137 cm³/mol. The summed E-state index contributed by atoms with van der Waals surface area (Å²) in [4.78, 5) is 11.8. The van der Waals surface area contributed by atoms with Crippen molar-refractivity contribution in [1.82, 2.24) is 4.57 Å². The average Bonchev–Trinajstić information content (AvgIpc) is 3.11.